The van der Waals surface area contributed by atoms with Crippen molar-refractivity contribution < 1.29 is 0 Å². The lowest BCUT2D eigenvalue weighted by Crippen LogP contribution is -2.30. The molecule has 1 aliphatic heterocycles. The highest BCUT2D eigenvalue weighted by atomic mass is 32.2. The van der Waals surface area contributed by atoms with Crippen LogP contribution in [0.1, 0.15) is 104 Å². The van der Waals surface area contributed by atoms with Gasteiger partial charge in [-0.15, -0.1) is 23.5 Å². The lowest BCUT2D eigenvalue weighted by atomic mass is 10.0. The van der Waals surface area contributed by atoms with Gasteiger partial charge >= 0.3 is 0 Å². The Bertz CT molecular complexity index is 463. The summed E-state index contributed by atoms with van der Waals surface area (Å²) in [6, 6.07) is 0. The Morgan fingerprint density at radius 2 is 1.67 bits per heavy atom. The molecular weight excluding hydrogens is 368 g/mol. The van der Waals surface area contributed by atoms with Gasteiger partial charge in [0.1, 0.15) is 0 Å². The van der Waals surface area contributed by atoms with Gasteiger partial charge in [-0.25, -0.2) is 4.98 Å². The third kappa shape index (κ3) is 9.30. The smallest absolute Gasteiger partial charge is 0.0945 e. The van der Waals surface area contributed by atoms with Crippen LogP contribution in [-0.4, -0.2) is 24.6 Å². The van der Waals surface area contributed by atoms with Gasteiger partial charge in [0.05, 0.1) is 10.4 Å². The highest BCUT2D eigenvalue weighted by molar-refractivity contribution is 8.19. The summed E-state index contributed by atoms with van der Waals surface area (Å²) < 4.78 is 2.71. The van der Waals surface area contributed by atoms with Crippen molar-refractivity contribution in [3.8, 4) is 0 Å². The first-order valence-electron chi connectivity index (χ1n) is 11.6. The number of hydrogen-bond acceptors (Lipinski definition) is 3. The Morgan fingerprint density at radius 1 is 0.963 bits per heavy atom. The number of aromatic nitrogens is 2. The van der Waals surface area contributed by atoms with E-state index in [-0.39, 0.29) is 0 Å². The Balaban J connectivity index is 1.66. The maximum Gasteiger partial charge on any atom is 0.0945 e. The number of imidazole rings is 1. The first-order valence-corrected chi connectivity index (χ1v) is 13.4. The summed E-state index contributed by atoms with van der Waals surface area (Å²) in [6.45, 7) is 5.79. The minimum Gasteiger partial charge on any atom is -0.337 e. The lowest BCUT2D eigenvalue weighted by Gasteiger charge is -2.40. The second kappa shape index (κ2) is 14.0. The van der Waals surface area contributed by atoms with E-state index in [0.29, 0.717) is 4.08 Å². The fourth-order valence-corrected chi connectivity index (χ4v) is 7.91. The monoisotopic (exact) mass is 410 g/mol. The SMILES string of the molecule is CCCCCCCCCCCCC1(CCn2ccnc2)SCCC(CC)S1. The molecule has 1 aliphatic rings. The van der Waals surface area contributed by atoms with Crippen LogP contribution in [0, 0.1) is 0 Å². The second-order valence-electron chi connectivity index (χ2n) is 8.18. The van der Waals surface area contributed by atoms with E-state index < -0.39 is 0 Å². The van der Waals surface area contributed by atoms with Crippen molar-refractivity contribution in [2.45, 2.75) is 120 Å². The van der Waals surface area contributed by atoms with Crippen molar-refractivity contribution in [1.82, 2.24) is 9.55 Å². The summed E-state index contributed by atoms with van der Waals surface area (Å²) in [5, 5.41) is 0.872. The fraction of sp³-hybridized carbons (Fsp3) is 0.870. The van der Waals surface area contributed by atoms with Gasteiger partial charge in [0.2, 0.25) is 0 Å². The molecule has 1 aromatic rings. The van der Waals surface area contributed by atoms with Gasteiger partial charge in [0, 0.05) is 24.2 Å². The highest BCUT2D eigenvalue weighted by Crippen LogP contribution is 2.52. The van der Waals surface area contributed by atoms with Crippen LogP contribution < -0.4 is 0 Å². The average Bonchev–Trinajstić information content (AvgIpc) is 3.22. The average molecular weight is 411 g/mol. The predicted molar refractivity (Wildman–Crippen MR) is 125 cm³/mol. The third-order valence-corrected chi connectivity index (χ3v) is 9.62. The zero-order valence-electron chi connectivity index (χ0n) is 17.8. The van der Waals surface area contributed by atoms with Crippen LogP contribution in [0.5, 0.6) is 0 Å². The maximum absolute atomic E-state index is 4.22. The van der Waals surface area contributed by atoms with Crippen molar-refractivity contribution in [1.29, 1.82) is 0 Å². The van der Waals surface area contributed by atoms with Crippen molar-refractivity contribution in [3.05, 3.63) is 18.7 Å². The summed E-state index contributed by atoms with van der Waals surface area (Å²) >= 11 is 4.57. The largest absolute Gasteiger partial charge is 0.337 e. The van der Waals surface area contributed by atoms with Gasteiger partial charge in [-0.3, -0.25) is 0 Å². The predicted octanol–water partition coefficient (Wildman–Crippen LogP) is 7.93. The first kappa shape index (κ1) is 23.2. The molecule has 2 heterocycles. The van der Waals surface area contributed by atoms with Crippen LogP contribution in [0.15, 0.2) is 18.7 Å². The summed E-state index contributed by atoms with van der Waals surface area (Å²) in [5.41, 5.74) is 0. The molecule has 0 aromatic carbocycles. The van der Waals surface area contributed by atoms with Gasteiger partial charge in [-0.1, -0.05) is 78.1 Å². The molecule has 0 aliphatic carbocycles. The number of unbranched alkanes of at least 4 members (excludes halogenated alkanes) is 9. The van der Waals surface area contributed by atoms with E-state index in [9.17, 15) is 0 Å². The van der Waals surface area contributed by atoms with Crippen molar-refractivity contribution in [3.63, 3.8) is 0 Å². The Kier molecular flexibility index (Phi) is 12.0. The van der Waals surface area contributed by atoms with Crippen LogP contribution in [-0.2, 0) is 6.54 Å². The summed E-state index contributed by atoms with van der Waals surface area (Å²) in [4.78, 5) is 4.22. The molecule has 4 heteroatoms. The van der Waals surface area contributed by atoms with E-state index in [1.807, 2.05) is 12.5 Å². The van der Waals surface area contributed by atoms with Gasteiger partial charge in [-0.05, 0) is 31.4 Å². The minimum absolute atomic E-state index is 0.448. The molecule has 2 rings (SSSR count). The number of hydrogen-bond donors (Lipinski definition) is 0. The normalized spacial score (nSPS) is 23.0. The molecule has 2 nitrogen and oxygen atoms in total. The summed E-state index contributed by atoms with van der Waals surface area (Å²) in [5.74, 6) is 1.35. The van der Waals surface area contributed by atoms with E-state index >= 15 is 0 Å². The maximum atomic E-state index is 4.22. The Hall–Kier alpha value is -0.0900. The molecule has 0 spiro atoms. The minimum atomic E-state index is 0.448. The molecule has 0 amide bonds. The van der Waals surface area contributed by atoms with Crippen LogP contribution in [0.4, 0.5) is 0 Å². The molecule has 0 saturated carbocycles. The van der Waals surface area contributed by atoms with E-state index in [2.05, 4.69) is 53.1 Å². The van der Waals surface area contributed by atoms with Crippen molar-refractivity contribution >= 4 is 23.5 Å². The molecular formula is C23H42N2S2. The van der Waals surface area contributed by atoms with Gasteiger partial charge in [-0.2, -0.15) is 0 Å². The first-order chi connectivity index (χ1) is 13.3. The molecule has 27 heavy (non-hydrogen) atoms. The van der Waals surface area contributed by atoms with Gasteiger partial charge < -0.3 is 4.57 Å². The number of aryl methyl sites for hydroxylation is 1. The van der Waals surface area contributed by atoms with Gasteiger partial charge in [0.15, 0.2) is 0 Å². The van der Waals surface area contributed by atoms with Crippen molar-refractivity contribution in [2.75, 3.05) is 5.75 Å². The van der Waals surface area contributed by atoms with Crippen LogP contribution in [0.2, 0.25) is 0 Å². The topological polar surface area (TPSA) is 17.8 Å². The zero-order valence-corrected chi connectivity index (χ0v) is 19.5. The van der Waals surface area contributed by atoms with E-state index in [1.165, 1.54) is 95.6 Å². The van der Waals surface area contributed by atoms with Crippen LogP contribution in [0.25, 0.3) is 0 Å². The van der Waals surface area contributed by atoms with E-state index in [1.54, 1.807) is 0 Å². The van der Waals surface area contributed by atoms with Crippen molar-refractivity contribution in [2.24, 2.45) is 0 Å². The number of rotatable bonds is 15. The molecule has 0 N–H and O–H groups in total. The fourth-order valence-electron chi connectivity index (χ4n) is 4.05. The Morgan fingerprint density at radius 3 is 2.30 bits per heavy atom. The zero-order chi connectivity index (χ0) is 19.2. The molecule has 156 valence electrons. The molecule has 1 aromatic heterocycles. The van der Waals surface area contributed by atoms with Crippen LogP contribution >= 0.6 is 23.5 Å². The van der Waals surface area contributed by atoms with Gasteiger partial charge in [0.25, 0.3) is 0 Å². The summed E-state index contributed by atoms with van der Waals surface area (Å²) in [6.07, 6.45) is 25.7. The highest BCUT2D eigenvalue weighted by Gasteiger charge is 2.36. The molecule has 1 saturated heterocycles. The number of nitrogens with zero attached hydrogens (tertiary/aromatic N) is 2. The lowest BCUT2D eigenvalue weighted by molar-refractivity contribution is 0.514. The third-order valence-electron chi connectivity index (χ3n) is 5.86. The summed E-state index contributed by atoms with van der Waals surface area (Å²) in [7, 11) is 0. The molecule has 0 bridgehead atoms. The number of thioether (sulfide) groups is 2. The molecule has 2 atom stereocenters. The molecule has 0 radical (unpaired) electrons. The van der Waals surface area contributed by atoms with E-state index in [4.69, 9.17) is 0 Å². The van der Waals surface area contributed by atoms with Crippen LogP contribution in [0.3, 0.4) is 0 Å². The van der Waals surface area contributed by atoms with E-state index in [0.717, 1.165) is 11.8 Å². The Labute approximate surface area is 177 Å². The second-order valence-corrected chi connectivity index (χ2v) is 11.6. The quantitative estimate of drug-likeness (QED) is 0.273. The molecule has 1 fully saturated rings. The molecule has 2 unspecified atom stereocenters. The standard InChI is InChI=1S/C23H42N2S2/c1-3-5-6-7-8-9-10-11-12-13-15-23(16-18-25-19-17-24-21-25)26-20-14-22(4-2)27-23/h17,19,21-22H,3-16,18,20H2,1-2H3.